The van der Waals surface area contributed by atoms with Gasteiger partial charge in [-0.2, -0.15) is 4.31 Å². The Labute approximate surface area is 166 Å². The molecule has 0 aromatic heterocycles. The molecule has 0 radical (unpaired) electrons. The van der Waals surface area contributed by atoms with Crippen LogP contribution in [0.4, 0.5) is 14.5 Å². The number of benzene rings is 2. The number of nitrogens with zero attached hydrogens (tertiary/aromatic N) is 1. The second-order valence-corrected chi connectivity index (χ2v) is 8.51. The minimum absolute atomic E-state index is 0.0361. The zero-order chi connectivity index (χ0) is 20.3. The number of ether oxygens (including phenoxy) is 1. The number of hydrogen-bond donors (Lipinski definition) is 1. The maximum absolute atomic E-state index is 13.6. The van der Waals surface area contributed by atoms with E-state index in [1.807, 2.05) is 0 Å². The molecule has 0 bridgehead atoms. The van der Waals surface area contributed by atoms with Crippen molar-refractivity contribution in [1.29, 1.82) is 0 Å². The summed E-state index contributed by atoms with van der Waals surface area (Å²) in [5.74, 6) is -2.47. The minimum Gasteiger partial charge on any atom is -0.482 e. The summed E-state index contributed by atoms with van der Waals surface area (Å²) < 4.78 is 58.9. The molecule has 0 atom stereocenters. The highest BCUT2D eigenvalue weighted by atomic mass is 35.5. The van der Waals surface area contributed by atoms with Gasteiger partial charge in [-0.25, -0.2) is 17.2 Å². The summed E-state index contributed by atoms with van der Waals surface area (Å²) in [7, 11) is -3.82. The van der Waals surface area contributed by atoms with Crippen molar-refractivity contribution in [3.63, 3.8) is 0 Å². The number of anilines is 1. The first-order chi connectivity index (χ1) is 13.3. The monoisotopic (exact) mass is 430 g/mol. The predicted molar refractivity (Wildman–Crippen MR) is 99.9 cm³/mol. The molecule has 3 rings (SSSR count). The number of rotatable bonds is 6. The van der Waals surface area contributed by atoms with Gasteiger partial charge in [-0.3, -0.25) is 4.79 Å². The molecule has 1 aliphatic heterocycles. The van der Waals surface area contributed by atoms with E-state index in [9.17, 15) is 22.0 Å². The van der Waals surface area contributed by atoms with E-state index in [2.05, 4.69) is 5.32 Å². The predicted octanol–water partition coefficient (Wildman–Crippen LogP) is 3.42. The molecule has 1 aliphatic rings. The third kappa shape index (κ3) is 4.60. The maximum Gasteiger partial charge on any atom is 0.262 e. The van der Waals surface area contributed by atoms with Crippen LogP contribution in [-0.4, -0.2) is 38.3 Å². The van der Waals surface area contributed by atoms with Crippen LogP contribution < -0.4 is 10.1 Å². The molecule has 10 heteroatoms. The van der Waals surface area contributed by atoms with Crippen LogP contribution in [-0.2, 0) is 14.8 Å². The van der Waals surface area contributed by atoms with Crippen LogP contribution in [0.5, 0.6) is 5.75 Å². The van der Waals surface area contributed by atoms with Crippen LogP contribution in [0.15, 0.2) is 41.3 Å². The topological polar surface area (TPSA) is 75.7 Å². The minimum atomic E-state index is -3.82. The first-order valence-corrected chi connectivity index (χ1v) is 10.3. The van der Waals surface area contributed by atoms with Crippen molar-refractivity contribution in [1.82, 2.24) is 4.31 Å². The molecule has 1 fully saturated rings. The summed E-state index contributed by atoms with van der Waals surface area (Å²) in [6.45, 7) is 0.234. The van der Waals surface area contributed by atoms with Crippen molar-refractivity contribution in [3.8, 4) is 5.75 Å². The van der Waals surface area contributed by atoms with Gasteiger partial charge in [-0.1, -0.05) is 11.6 Å². The Morgan fingerprint density at radius 1 is 1.14 bits per heavy atom. The Bertz CT molecular complexity index is 995. The van der Waals surface area contributed by atoms with Gasteiger partial charge >= 0.3 is 0 Å². The molecule has 1 amide bonds. The molecule has 1 saturated heterocycles. The van der Waals surface area contributed by atoms with E-state index in [4.69, 9.17) is 16.3 Å². The number of carbonyl (C=O) groups excluding carboxylic acids is 1. The Hall–Kier alpha value is -2.23. The first kappa shape index (κ1) is 20.5. The lowest BCUT2D eigenvalue weighted by molar-refractivity contribution is -0.118. The van der Waals surface area contributed by atoms with E-state index >= 15 is 0 Å². The number of carbonyl (C=O) groups is 1. The molecule has 2 aromatic carbocycles. The van der Waals surface area contributed by atoms with Gasteiger partial charge < -0.3 is 10.1 Å². The van der Waals surface area contributed by atoms with E-state index < -0.39 is 34.2 Å². The molecule has 1 N–H and O–H groups in total. The van der Waals surface area contributed by atoms with Crippen LogP contribution in [0.3, 0.4) is 0 Å². The molecule has 0 spiro atoms. The zero-order valence-corrected chi connectivity index (χ0v) is 16.2. The molecular formula is C18H17ClF2N2O4S. The number of sulfonamides is 1. The Morgan fingerprint density at radius 2 is 1.86 bits per heavy atom. The van der Waals surface area contributed by atoms with E-state index in [1.54, 1.807) is 0 Å². The summed E-state index contributed by atoms with van der Waals surface area (Å²) in [4.78, 5) is 11.9. The molecule has 2 aromatic rings. The van der Waals surface area contributed by atoms with Crippen LogP contribution in [0.1, 0.15) is 12.8 Å². The fraction of sp³-hybridized carbons (Fsp3) is 0.278. The second kappa shape index (κ2) is 8.42. The highest BCUT2D eigenvalue weighted by molar-refractivity contribution is 7.89. The molecule has 0 unspecified atom stereocenters. The lowest BCUT2D eigenvalue weighted by atomic mass is 10.3. The first-order valence-electron chi connectivity index (χ1n) is 8.45. The Balaban J connectivity index is 1.74. The van der Waals surface area contributed by atoms with Gasteiger partial charge in [0.15, 0.2) is 6.61 Å². The Morgan fingerprint density at radius 3 is 2.54 bits per heavy atom. The molecule has 150 valence electrons. The van der Waals surface area contributed by atoms with Crippen molar-refractivity contribution in [2.45, 2.75) is 17.7 Å². The van der Waals surface area contributed by atoms with E-state index in [0.29, 0.717) is 19.2 Å². The smallest absolute Gasteiger partial charge is 0.262 e. The molecule has 1 heterocycles. The van der Waals surface area contributed by atoms with Crippen molar-refractivity contribution in [2.75, 3.05) is 25.0 Å². The highest BCUT2D eigenvalue weighted by Gasteiger charge is 2.30. The largest absolute Gasteiger partial charge is 0.482 e. The highest BCUT2D eigenvalue weighted by Crippen LogP contribution is 2.31. The molecule has 6 nitrogen and oxygen atoms in total. The van der Waals surface area contributed by atoms with E-state index in [1.165, 1.54) is 22.5 Å². The fourth-order valence-corrected chi connectivity index (χ4v) is 4.70. The number of nitrogens with one attached hydrogen (secondary N) is 1. The van der Waals surface area contributed by atoms with Crippen molar-refractivity contribution in [3.05, 3.63) is 53.1 Å². The van der Waals surface area contributed by atoms with Crippen molar-refractivity contribution in [2.24, 2.45) is 0 Å². The fourth-order valence-electron chi connectivity index (χ4n) is 2.79. The van der Waals surface area contributed by atoms with Gasteiger partial charge in [0.2, 0.25) is 10.0 Å². The van der Waals surface area contributed by atoms with Crippen LogP contribution >= 0.6 is 11.6 Å². The van der Waals surface area contributed by atoms with Crippen LogP contribution in [0, 0.1) is 11.6 Å². The van der Waals surface area contributed by atoms with Crippen LogP contribution in [0.2, 0.25) is 5.02 Å². The van der Waals surface area contributed by atoms with E-state index in [-0.39, 0.29) is 21.4 Å². The molecule has 0 saturated carbocycles. The van der Waals surface area contributed by atoms with Gasteiger partial charge in [-0.05, 0) is 43.2 Å². The second-order valence-electron chi connectivity index (χ2n) is 6.16. The van der Waals surface area contributed by atoms with Gasteiger partial charge in [0.25, 0.3) is 5.91 Å². The van der Waals surface area contributed by atoms with Gasteiger partial charge in [0.1, 0.15) is 22.3 Å². The average Bonchev–Trinajstić information content (AvgIpc) is 3.18. The normalized spacial score (nSPS) is 14.8. The van der Waals surface area contributed by atoms with Crippen molar-refractivity contribution < 1.29 is 26.7 Å². The quantitative estimate of drug-likeness (QED) is 0.762. The van der Waals surface area contributed by atoms with Gasteiger partial charge in [0.05, 0.1) is 5.69 Å². The zero-order valence-electron chi connectivity index (χ0n) is 14.6. The van der Waals surface area contributed by atoms with Gasteiger partial charge in [-0.15, -0.1) is 0 Å². The number of hydrogen-bond acceptors (Lipinski definition) is 4. The SMILES string of the molecule is O=C(COc1ccc(Cl)cc1S(=O)(=O)N1CCCC1)Nc1ccc(F)cc1F. The number of amides is 1. The summed E-state index contributed by atoms with van der Waals surface area (Å²) in [5, 5.41) is 2.45. The Kier molecular flexibility index (Phi) is 6.17. The lowest BCUT2D eigenvalue weighted by Gasteiger charge is -2.18. The summed E-state index contributed by atoms with van der Waals surface area (Å²) >= 11 is 5.94. The maximum atomic E-state index is 13.6. The third-order valence-electron chi connectivity index (χ3n) is 4.15. The number of halogens is 3. The third-order valence-corrected chi connectivity index (χ3v) is 6.31. The van der Waals surface area contributed by atoms with Crippen LogP contribution in [0.25, 0.3) is 0 Å². The van der Waals surface area contributed by atoms with E-state index in [0.717, 1.165) is 25.0 Å². The standard InChI is InChI=1S/C18H17ClF2N2O4S/c19-12-3-6-16(17(9-12)28(25,26)23-7-1-2-8-23)27-11-18(24)22-15-5-4-13(20)10-14(15)21/h3-6,9-10H,1-2,7-8,11H2,(H,22,24). The molecule has 28 heavy (non-hydrogen) atoms. The summed E-state index contributed by atoms with van der Waals surface area (Å²) in [6, 6.07) is 6.78. The molecular weight excluding hydrogens is 414 g/mol. The summed E-state index contributed by atoms with van der Waals surface area (Å²) in [5.41, 5.74) is -0.212. The lowest BCUT2D eigenvalue weighted by Crippen LogP contribution is -2.29. The summed E-state index contributed by atoms with van der Waals surface area (Å²) in [6.07, 6.45) is 1.53. The molecule has 0 aliphatic carbocycles. The van der Waals surface area contributed by atoms with Crippen molar-refractivity contribution >= 4 is 33.2 Å². The average molecular weight is 431 g/mol. The van der Waals surface area contributed by atoms with Gasteiger partial charge in [0, 0.05) is 24.2 Å².